The van der Waals surface area contributed by atoms with Crippen molar-refractivity contribution in [2.24, 2.45) is 0 Å². The first-order valence-electron chi connectivity index (χ1n) is 7.60. The van der Waals surface area contributed by atoms with Gasteiger partial charge in [-0.25, -0.2) is 9.37 Å². The van der Waals surface area contributed by atoms with Crippen LogP contribution in [-0.4, -0.2) is 21.3 Å². The normalized spacial score (nSPS) is 12.5. The molecule has 0 spiro atoms. The minimum absolute atomic E-state index is 0.0560. The maximum Gasteiger partial charge on any atom is 0.138 e. The second kappa shape index (κ2) is 7.88. The van der Waals surface area contributed by atoms with Gasteiger partial charge in [-0.05, 0) is 37.1 Å². The van der Waals surface area contributed by atoms with Crippen molar-refractivity contribution in [2.45, 2.75) is 45.7 Å². The van der Waals surface area contributed by atoms with Gasteiger partial charge in [0.1, 0.15) is 18.0 Å². The van der Waals surface area contributed by atoms with Crippen molar-refractivity contribution in [3.8, 4) is 0 Å². The molecular formula is C16H23FN4. The lowest BCUT2D eigenvalue weighted by Crippen LogP contribution is -2.25. The standard InChI is InChI=1S/C16H23FN4/c1-3-8-18-15(13-6-5-7-14(17)10-13)11-16-19-12-20-21(16)9-4-2/h5-7,10,12,15,18H,3-4,8-9,11H2,1-2H3. The average Bonchev–Trinajstić information content (AvgIpc) is 2.91. The average molecular weight is 290 g/mol. The van der Waals surface area contributed by atoms with Gasteiger partial charge in [0.05, 0.1) is 0 Å². The van der Waals surface area contributed by atoms with E-state index in [9.17, 15) is 4.39 Å². The lowest BCUT2D eigenvalue weighted by Gasteiger charge is -2.19. The molecule has 0 fully saturated rings. The highest BCUT2D eigenvalue weighted by Gasteiger charge is 2.15. The highest BCUT2D eigenvalue weighted by molar-refractivity contribution is 5.21. The fraction of sp³-hybridized carbons (Fsp3) is 0.500. The number of halogens is 1. The van der Waals surface area contributed by atoms with Gasteiger partial charge in [0.15, 0.2) is 0 Å². The number of aromatic nitrogens is 3. The molecule has 0 radical (unpaired) electrons. The molecule has 21 heavy (non-hydrogen) atoms. The van der Waals surface area contributed by atoms with E-state index < -0.39 is 0 Å². The summed E-state index contributed by atoms with van der Waals surface area (Å²) in [5.41, 5.74) is 0.953. The van der Waals surface area contributed by atoms with Crippen LogP contribution >= 0.6 is 0 Å². The molecule has 0 saturated carbocycles. The Morgan fingerprint density at radius 2 is 2.14 bits per heavy atom. The van der Waals surface area contributed by atoms with Crippen LogP contribution in [0.2, 0.25) is 0 Å². The van der Waals surface area contributed by atoms with Crippen molar-refractivity contribution in [3.63, 3.8) is 0 Å². The van der Waals surface area contributed by atoms with Crippen LogP contribution in [0.25, 0.3) is 0 Å². The Kier molecular flexibility index (Phi) is 5.87. The minimum atomic E-state index is -0.203. The second-order valence-corrected chi connectivity index (χ2v) is 5.17. The first kappa shape index (κ1) is 15.6. The molecule has 0 amide bonds. The quantitative estimate of drug-likeness (QED) is 0.812. The third-order valence-electron chi connectivity index (χ3n) is 3.41. The van der Waals surface area contributed by atoms with Crippen LogP contribution in [0.15, 0.2) is 30.6 Å². The molecule has 1 unspecified atom stereocenters. The van der Waals surface area contributed by atoms with Gasteiger partial charge in [0.2, 0.25) is 0 Å². The number of nitrogens with one attached hydrogen (secondary N) is 1. The highest BCUT2D eigenvalue weighted by Crippen LogP contribution is 2.18. The van der Waals surface area contributed by atoms with Crippen molar-refractivity contribution in [3.05, 3.63) is 47.8 Å². The third-order valence-corrected chi connectivity index (χ3v) is 3.41. The predicted molar refractivity (Wildman–Crippen MR) is 81.5 cm³/mol. The van der Waals surface area contributed by atoms with Crippen LogP contribution < -0.4 is 5.32 Å². The zero-order valence-electron chi connectivity index (χ0n) is 12.7. The number of hydrogen-bond donors (Lipinski definition) is 1. The minimum Gasteiger partial charge on any atom is -0.310 e. The smallest absolute Gasteiger partial charge is 0.138 e. The lowest BCUT2D eigenvalue weighted by atomic mass is 10.0. The molecule has 0 saturated heterocycles. The van der Waals surface area contributed by atoms with E-state index in [4.69, 9.17) is 0 Å². The van der Waals surface area contributed by atoms with Crippen molar-refractivity contribution in [1.82, 2.24) is 20.1 Å². The number of hydrogen-bond acceptors (Lipinski definition) is 3. The van der Waals surface area contributed by atoms with E-state index in [-0.39, 0.29) is 11.9 Å². The van der Waals surface area contributed by atoms with Gasteiger partial charge < -0.3 is 5.32 Å². The molecule has 0 bridgehead atoms. The topological polar surface area (TPSA) is 42.7 Å². The van der Waals surface area contributed by atoms with Gasteiger partial charge in [-0.2, -0.15) is 5.10 Å². The molecule has 1 N–H and O–H groups in total. The van der Waals surface area contributed by atoms with E-state index in [0.717, 1.165) is 37.3 Å². The van der Waals surface area contributed by atoms with Crippen LogP contribution in [0.5, 0.6) is 0 Å². The van der Waals surface area contributed by atoms with Gasteiger partial charge in [0.25, 0.3) is 0 Å². The van der Waals surface area contributed by atoms with E-state index in [1.807, 2.05) is 10.7 Å². The van der Waals surface area contributed by atoms with Crippen LogP contribution in [-0.2, 0) is 13.0 Å². The SMILES string of the molecule is CCCNC(Cc1ncnn1CCC)c1cccc(F)c1. The molecule has 2 aromatic rings. The molecule has 0 aliphatic carbocycles. The Hall–Kier alpha value is -1.75. The summed E-state index contributed by atoms with van der Waals surface area (Å²) < 4.78 is 15.4. The molecule has 1 atom stereocenters. The summed E-state index contributed by atoms with van der Waals surface area (Å²) in [5.74, 6) is 0.737. The molecule has 0 aliphatic heterocycles. The molecular weight excluding hydrogens is 267 g/mol. The summed E-state index contributed by atoms with van der Waals surface area (Å²) in [6, 6.07) is 6.83. The summed E-state index contributed by atoms with van der Waals surface area (Å²) in [6.07, 6.45) is 4.35. The Bertz CT molecular complexity index is 553. The fourth-order valence-electron chi connectivity index (χ4n) is 2.38. The molecule has 114 valence electrons. The van der Waals surface area contributed by atoms with Crippen LogP contribution in [0, 0.1) is 5.82 Å². The van der Waals surface area contributed by atoms with E-state index >= 15 is 0 Å². The van der Waals surface area contributed by atoms with E-state index in [2.05, 4.69) is 29.2 Å². The van der Waals surface area contributed by atoms with Gasteiger partial charge in [0, 0.05) is 19.0 Å². The van der Waals surface area contributed by atoms with Gasteiger partial charge in [-0.3, -0.25) is 4.68 Å². The van der Waals surface area contributed by atoms with Gasteiger partial charge in [-0.15, -0.1) is 0 Å². The van der Waals surface area contributed by atoms with Crippen molar-refractivity contribution in [2.75, 3.05) is 6.54 Å². The Balaban J connectivity index is 2.17. The molecule has 2 rings (SSSR count). The molecule has 1 aromatic heterocycles. The highest BCUT2D eigenvalue weighted by atomic mass is 19.1. The first-order chi connectivity index (χ1) is 10.2. The Labute approximate surface area is 125 Å². The van der Waals surface area contributed by atoms with Crippen molar-refractivity contribution in [1.29, 1.82) is 0 Å². The second-order valence-electron chi connectivity index (χ2n) is 5.17. The zero-order chi connectivity index (χ0) is 15.1. The molecule has 1 aromatic carbocycles. The van der Waals surface area contributed by atoms with Crippen molar-refractivity contribution < 1.29 is 4.39 Å². The summed E-state index contributed by atoms with van der Waals surface area (Å²) >= 11 is 0. The first-order valence-corrected chi connectivity index (χ1v) is 7.60. The third kappa shape index (κ3) is 4.36. The van der Waals surface area contributed by atoms with Crippen molar-refractivity contribution >= 4 is 0 Å². The Morgan fingerprint density at radius 1 is 1.29 bits per heavy atom. The largest absolute Gasteiger partial charge is 0.310 e. The maximum atomic E-state index is 13.5. The number of benzene rings is 1. The van der Waals surface area contributed by atoms with Gasteiger partial charge in [-0.1, -0.05) is 26.0 Å². The van der Waals surface area contributed by atoms with Crippen LogP contribution in [0.4, 0.5) is 4.39 Å². The zero-order valence-corrected chi connectivity index (χ0v) is 12.7. The molecule has 1 heterocycles. The lowest BCUT2D eigenvalue weighted by molar-refractivity contribution is 0.486. The fourth-order valence-corrected chi connectivity index (χ4v) is 2.38. The molecule has 4 nitrogen and oxygen atoms in total. The Morgan fingerprint density at radius 3 is 2.86 bits per heavy atom. The van der Waals surface area contributed by atoms with Crippen LogP contribution in [0.1, 0.15) is 44.1 Å². The van der Waals surface area contributed by atoms with E-state index in [1.165, 1.54) is 6.07 Å². The van der Waals surface area contributed by atoms with Gasteiger partial charge >= 0.3 is 0 Å². The van der Waals surface area contributed by atoms with Crippen LogP contribution in [0.3, 0.4) is 0 Å². The summed E-state index contributed by atoms with van der Waals surface area (Å²) in [7, 11) is 0. The number of rotatable bonds is 8. The molecule has 5 heteroatoms. The summed E-state index contributed by atoms with van der Waals surface area (Å²) in [4.78, 5) is 4.35. The number of aryl methyl sites for hydroxylation is 1. The van der Waals surface area contributed by atoms with E-state index in [1.54, 1.807) is 18.5 Å². The summed E-state index contributed by atoms with van der Waals surface area (Å²) in [5, 5.41) is 7.73. The monoisotopic (exact) mass is 290 g/mol. The molecule has 0 aliphatic rings. The maximum absolute atomic E-state index is 13.5. The predicted octanol–water partition coefficient (Wildman–Crippen LogP) is 3.11. The summed E-state index contributed by atoms with van der Waals surface area (Å²) in [6.45, 7) is 5.99. The van der Waals surface area contributed by atoms with E-state index in [0.29, 0.717) is 6.42 Å². The number of nitrogens with zero attached hydrogens (tertiary/aromatic N) is 3.